The van der Waals surface area contributed by atoms with Crippen molar-refractivity contribution in [3.63, 3.8) is 0 Å². The zero-order chi connectivity index (χ0) is 17.8. The van der Waals surface area contributed by atoms with Crippen LogP contribution in [0.25, 0.3) is 0 Å². The largest absolute Gasteiger partial charge is 0.388 e. The van der Waals surface area contributed by atoms with Gasteiger partial charge in [0.1, 0.15) is 11.8 Å². The van der Waals surface area contributed by atoms with Crippen LogP contribution in [-0.2, 0) is 18.3 Å². The second-order valence-corrected chi connectivity index (χ2v) is 6.67. The molecule has 0 amide bonds. The summed E-state index contributed by atoms with van der Waals surface area (Å²) in [5, 5.41) is 19.8. The van der Waals surface area contributed by atoms with E-state index in [0.29, 0.717) is 25.3 Å². The molecule has 0 bridgehead atoms. The van der Waals surface area contributed by atoms with Gasteiger partial charge in [-0.2, -0.15) is 5.26 Å². The summed E-state index contributed by atoms with van der Waals surface area (Å²) in [6, 6.07) is 14.1. The van der Waals surface area contributed by atoms with E-state index in [2.05, 4.69) is 11.0 Å². The molecular weight excluding hydrogens is 314 g/mol. The molecular formula is C20H25N3O2. The molecule has 2 atom stereocenters. The van der Waals surface area contributed by atoms with Crippen LogP contribution in [0.5, 0.6) is 0 Å². The normalized spacial score (nSPS) is 19.5. The van der Waals surface area contributed by atoms with Crippen LogP contribution in [0, 0.1) is 18.3 Å². The lowest BCUT2D eigenvalue weighted by Gasteiger charge is -2.36. The second kappa shape index (κ2) is 7.83. The van der Waals surface area contributed by atoms with Crippen molar-refractivity contribution in [2.24, 2.45) is 7.05 Å². The molecule has 1 aliphatic rings. The van der Waals surface area contributed by atoms with E-state index in [-0.39, 0.29) is 6.04 Å². The molecule has 1 saturated heterocycles. The summed E-state index contributed by atoms with van der Waals surface area (Å²) in [4.78, 5) is 2.36. The zero-order valence-electron chi connectivity index (χ0n) is 14.9. The van der Waals surface area contributed by atoms with Crippen LogP contribution >= 0.6 is 0 Å². The van der Waals surface area contributed by atoms with Crippen molar-refractivity contribution in [3.8, 4) is 6.07 Å². The molecule has 25 heavy (non-hydrogen) atoms. The van der Waals surface area contributed by atoms with Gasteiger partial charge >= 0.3 is 0 Å². The zero-order valence-corrected chi connectivity index (χ0v) is 14.9. The highest BCUT2D eigenvalue weighted by molar-refractivity contribution is 5.34. The van der Waals surface area contributed by atoms with E-state index < -0.39 is 6.10 Å². The summed E-state index contributed by atoms with van der Waals surface area (Å²) in [5.74, 6) is 0. The Bertz CT molecular complexity index is 748. The van der Waals surface area contributed by atoms with Crippen molar-refractivity contribution in [1.29, 1.82) is 5.26 Å². The Labute approximate surface area is 149 Å². The minimum Gasteiger partial charge on any atom is -0.388 e. The summed E-state index contributed by atoms with van der Waals surface area (Å²) in [6.07, 6.45) is 0.142. The number of hydrogen-bond donors (Lipinski definition) is 1. The average molecular weight is 339 g/mol. The summed E-state index contributed by atoms with van der Waals surface area (Å²) >= 11 is 0. The van der Waals surface area contributed by atoms with Gasteiger partial charge in [0, 0.05) is 31.9 Å². The molecule has 5 heteroatoms. The number of hydrogen-bond acceptors (Lipinski definition) is 4. The molecule has 1 N–H and O–H groups in total. The van der Waals surface area contributed by atoms with Gasteiger partial charge in [-0.1, -0.05) is 30.3 Å². The topological polar surface area (TPSA) is 61.4 Å². The third-order valence-electron chi connectivity index (χ3n) is 5.16. The SMILES string of the molecule is Cc1c(CN2CCOCC2CC(O)c2ccccc2)cc(C#N)n1C. The second-order valence-electron chi connectivity index (χ2n) is 6.67. The molecule has 0 aliphatic carbocycles. The number of aliphatic hydroxyl groups excluding tert-OH is 1. The Morgan fingerprint density at radius 3 is 2.80 bits per heavy atom. The number of morpholine rings is 1. The third-order valence-corrected chi connectivity index (χ3v) is 5.16. The number of aliphatic hydroxyl groups is 1. The first-order valence-electron chi connectivity index (χ1n) is 8.70. The highest BCUT2D eigenvalue weighted by Crippen LogP contribution is 2.25. The molecule has 1 aromatic carbocycles. The highest BCUT2D eigenvalue weighted by Gasteiger charge is 2.27. The maximum atomic E-state index is 10.6. The van der Waals surface area contributed by atoms with Gasteiger partial charge in [-0.15, -0.1) is 0 Å². The predicted molar refractivity (Wildman–Crippen MR) is 95.9 cm³/mol. The fourth-order valence-corrected chi connectivity index (χ4v) is 3.43. The van der Waals surface area contributed by atoms with E-state index in [0.717, 1.165) is 24.3 Å². The molecule has 1 aromatic heterocycles. The van der Waals surface area contributed by atoms with Gasteiger partial charge in [-0.25, -0.2) is 0 Å². The summed E-state index contributed by atoms with van der Waals surface area (Å²) < 4.78 is 7.59. The Hall–Kier alpha value is -2.13. The standard InChI is InChI=1S/C20H25N3O2/c1-15-17(10-18(12-21)22(15)2)13-23-8-9-25-14-19(23)11-20(24)16-6-4-3-5-7-16/h3-7,10,19-20,24H,8-9,11,13-14H2,1-2H3. The van der Waals surface area contributed by atoms with Crippen molar-refractivity contribution in [1.82, 2.24) is 9.47 Å². The minimum absolute atomic E-state index is 0.161. The van der Waals surface area contributed by atoms with Gasteiger partial charge in [0.2, 0.25) is 0 Å². The van der Waals surface area contributed by atoms with Crippen LogP contribution in [0.3, 0.4) is 0 Å². The fraction of sp³-hybridized carbons (Fsp3) is 0.450. The third kappa shape index (κ3) is 3.93. The molecule has 1 aliphatic heterocycles. The summed E-state index contributed by atoms with van der Waals surface area (Å²) in [6.45, 7) is 4.99. The van der Waals surface area contributed by atoms with E-state index in [1.165, 1.54) is 5.56 Å². The van der Waals surface area contributed by atoms with Crippen LogP contribution < -0.4 is 0 Å². The monoisotopic (exact) mass is 339 g/mol. The molecule has 5 nitrogen and oxygen atoms in total. The lowest BCUT2D eigenvalue weighted by atomic mass is 10.00. The molecule has 3 rings (SSSR count). The van der Waals surface area contributed by atoms with Crippen molar-refractivity contribution in [2.45, 2.75) is 32.0 Å². The molecule has 0 saturated carbocycles. The molecule has 1 fully saturated rings. The highest BCUT2D eigenvalue weighted by atomic mass is 16.5. The van der Waals surface area contributed by atoms with E-state index >= 15 is 0 Å². The van der Waals surface area contributed by atoms with Gasteiger partial charge in [0.05, 0.1) is 19.3 Å². The Kier molecular flexibility index (Phi) is 5.54. The van der Waals surface area contributed by atoms with Crippen molar-refractivity contribution < 1.29 is 9.84 Å². The van der Waals surface area contributed by atoms with Gasteiger partial charge in [-0.05, 0) is 30.5 Å². The average Bonchev–Trinajstić information content (AvgIpc) is 2.92. The van der Waals surface area contributed by atoms with Crippen LogP contribution in [0.2, 0.25) is 0 Å². The quantitative estimate of drug-likeness (QED) is 0.909. The lowest BCUT2D eigenvalue weighted by Crippen LogP contribution is -2.45. The molecule has 2 aromatic rings. The first-order valence-corrected chi connectivity index (χ1v) is 8.70. The summed E-state index contributed by atoms with van der Waals surface area (Å²) in [7, 11) is 1.92. The summed E-state index contributed by atoms with van der Waals surface area (Å²) in [5.41, 5.74) is 3.91. The fourth-order valence-electron chi connectivity index (χ4n) is 3.43. The number of nitrogens with zero attached hydrogens (tertiary/aromatic N) is 3. The van der Waals surface area contributed by atoms with Crippen LogP contribution in [-0.4, -0.2) is 40.4 Å². The number of benzene rings is 1. The molecule has 0 radical (unpaired) electrons. The van der Waals surface area contributed by atoms with Gasteiger partial charge < -0.3 is 14.4 Å². The minimum atomic E-state index is -0.498. The van der Waals surface area contributed by atoms with Gasteiger partial charge in [0.25, 0.3) is 0 Å². The van der Waals surface area contributed by atoms with Gasteiger partial charge in [-0.3, -0.25) is 4.90 Å². The molecule has 132 valence electrons. The number of ether oxygens (including phenoxy) is 1. The lowest BCUT2D eigenvalue weighted by molar-refractivity contribution is -0.0300. The first-order chi connectivity index (χ1) is 12.1. The van der Waals surface area contributed by atoms with Crippen LogP contribution in [0.4, 0.5) is 0 Å². The number of nitriles is 1. The van der Waals surface area contributed by atoms with E-state index in [4.69, 9.17) is 4.74 Å². The van der Waals surface area contributed by atoms with Crippen LogP contribution in [0.15, 0.2) is 36.4 Å². The molecule has 2 unspecified atom stereocenters. The Balaban J connectivity index is 1.72. The Morgan fingerprint density at radius 2 is 2.12 bits per heavy atom. The van der Waals surface area contributed by atoms with Crippen molar-refractivity contribution in [3.05, 3.63) is 58.9 Å². The van der Waals surface area contributed by atoms with Crippen molar-refractivity contribution in [2.75, 3.05) is 19.8 Å². The molecule has 0 spiro atoms. The van der Waals surface area contributed by atoms with E-state index in [1.807, 2.05) is 54.9 Å². The Morgan fingerprint density at radius 1 is 1.36 bits per heavy atom. The van der Waals surface area contributed by atoms with E-state index in [9.17, 15) is 10.4 Å². The van der Waals surface area contributed by atoms with Crippen LogP contribution in [0.1, 0.15) is 35.0 Å². The number of rotatable bonds is 5. The maximum absolute atomic E-state index is 10.6. The van der Waals surface area contributed by atoms with E-state index in [1.54, 1.807) is 0 Å². The van der Waals surface area contributed by atoms with Gasteiger partial charge in [0.15, 0.2) is 0 Å². The first kappa shape index (κ1) is 17.7. The smallest absolute Gasteiger partial charge is 0.120 e. The predicted octanol–water partition coefficient (Wildman–Crippen LogP) is 2.53. The molecule has 2 heterocycles. The van der Waals surface area contributed by atoms with Crippen molar-refractivity contribution >= 4 is 0 Å². The number of aromatic nitrogens is 1. The maximum Gasteiger partial charge on any atom is 0.120 e.